The SMILES string of the molecule is COc1ccc(-c2ccc(OC3CC3)nc2)c(C(=O)O)c1. The van der Waals surface area contributed by atoms with Crippen LogP contribution >= 0.6 is 0 Å². The molecule has 0 saturated heterocycles. The number of pyridine rings is 1. The molecule has 0 aliphatic heterocycles. The number of carbonyl (C=O) groups is 1. The lowest BCUT2D eigenvalue weighted by Gasteiger charge is -2.09. The van der Waals surface area contributed by atoms with Crippen molar-refractivity contribution < 1.29 is 19.4 Å². The Morgan fingerprint density at radius 3 is 2.67 bits per heavy atom. The third-order valence-corrected chi connectivity index (χ3v) is 3.32. The summed E-state index contributed by atoms with van der Waals surface area (Å²) in [6.45, 7) is 0. The standard InChI is InChI=1S/C16H15NO4/c1-20-12-5-6-13(14(8-12)16(18)19)10-2-7-15(17-9-10)21-11-3-4-11/h2,5-9,11H,3-4H2,1H3,(H,18,19). The van der Waals surface area contributed by atoms with Crippen LogP contribution in [0.5, 0.6) is 11.6 Å². The molecule has 5 nitrogen and oxygen atoms in total. The minimum atomic E-state index is -0.998. The molecule has 21 heavy (non-hydrogen) atoms. The van der Waals surface area contributed by atoms with Crippen molar-refractivity contribution in [3.63, 3.8) is 0 Å². The van der Waals surface area contributed by atoms with E-state index < -0.39 is 5.97 Å². The molecule has 0 radical (unpaired) electrons. The molecule has 108 valence electrons. The summed E-state index contributed by atoms with van der Waals surface area (Å²) in [4.78, 5) is 15.6. The molecule has 1 heterocycles. The van der Waals surface area contributed by atoms with E-state index in [0.717, 1.165) is 18.4 Å². The molecule has 1 aliphatic rings. The fraction of sp³-hybridized carbons (Fsp3) is 0.250. The van der Waals surface area contributed by atoms with Crippen LogP contribution in [-0.4, -0.2) is 29.3 Å². The largest absolute Gasteiger partial charge is 0.497 e. The first-order valence-corrected chi connectivity index (χ1v) is 6.72. The zero-order valence-electron chi connectivity index (χ0n) is 11.6. The minimum absolute atomic E-state index is 0.187. The maximum Gasteiger partial charge on any atom is 0.336 e. The molecular weight excluding hydrogens is 270 g/mol. The number of carboxylic acid groups (broad SMARTS) is 1. The summed E-state index contributed by atoms with van der Waals surface area (Å²) in [5.74, 6) is 0.0895. The summed E-state index contributed by atoms with van der Waals surface area (Å²) in [5, 5.41) is 9.33. The van der Waals surface area contributed by atoms with Gasteiger partial charge >= 0.3 is 5.97 Å². The van der Waals surface area contributed by atoms with Gasteiger partial charge in [0, 0.05) is 17.8 Å². The van der Waals surface area contributed by atoms with Crippen molar-refractivity contribution in [2.45, 2.75) is 18.9 Å². The van der Waals surface area contributed by atoms with E-state index in [-0.39, 0.29) is 5.56 Å². The van der Waals surface area contributed by atoms with Gasteiger partial charge < -0.3 is 14.6 Å². The van der Waals surface area contributed by atoms with Gasteiger partial charge in [-0.05, 0) is 42.7 Å². The number of aromatic carboxylic acids is 1. The number of nitrogens with zero attached hydrogens (tertiary/aromatic N) is 1. The van der Waals surface area contributed by atoms with Gasteiger partial charge in [0.05, 0.1) is 12.7 Å². The van der Waals surface area contributed by atoms with E-state index in [2.05, 4.69) is 4.98 Å². The van der Waals surface area contributed by atoms with Gasteiger partial charge in [-0.2, -0.15) is 0 Å². The lowest BCUT2D eigenvalue weighted by Crippen LogP contribution is -2.01. The highest BCUT2D eigenvalue weighted by Crippen LogP contribution is 2.29. The lowest BCUT2D eigenvalue weighted by molar-refractivity contribution is 0.0697. The van der Waals surface area contributed by atoms with E-state index in [1.807, 2.05) is 6.07 Å². The fourth-order valence-electron chi connectivity index (χ4n) is 2.04. The van der Waals surface area contributed by atoms with E-state index in [9.17, 15) is 9.90 Å². The maximum atomic E-state index is 11.4. The third kappa shape index (κ3) is 2.97. The van der Waals surface area contributed by atoms with E-state index >= 15 is 0 Å². The van der Waals surface area contributed by atoms with Crippen LogP contribution in [0.15, 0.2) is 36.5 Å². The zero-order valence-corrected chi connectivity index (χ0v) is 11.6. The monoisotopic (exact) mass is 285 g/mol. The number of hydrogen-bond donors (Lipinski definition) is 1. The first kappa shape index (κ1) is 13.4. The van der Waals surface area contributed by atoms with Crippen molar-refractivity contribution in [2.75, 3.05) is 7.11 Å². The Hall–Kier alpha value is -2.56. The summed E-state index contributed by atoms with van der Waals surface area (Å²) >= 11 is 0. The molecule has 1 aliphatic carbocycles. The van der Waals surface area contributed by atoms with Crippen LogP contribution in [0.2, 0.25) is 0 Å². The predicted molar refractivity (Wildman–Crippen MR) is 76.8 cm³/mol. The highest BCUT2D eigenvalue weighted by molar-refractivity contribution is 5.96. The Morgan fingerprint density at radius 2 is 2.10 bits per heavy atom. The van der Waals surface area contributed by atoms with Crippen LogP contribution in [0.1, 0.15) is 23.2 Å². The van der Waals surface area contributed by atoms with Gasteiger partial charge in [0.1, 0.15) is 11.9 Å². The van der Waals surface area contributed by atoms with Gasteiger partial charge in [-0.15, -0.1) is 0 Å². The van der Waals surface area contributed by atoms with Gasteiger partial charge in [0.15, 0.2) is 0 Å². The van der Waals surface area contributed by atoms with Crippen LogP contribution in [0.3, 0.4) is 0 Å². The molecule has 1 aromatic carbocycles. The number of methoxy groups -OCH3 is 1. The van der Waals surface area contributed by atoms with E-state index in [4.69, 9.17) is 9.47 Å². The molecule has 1 aromatic heterocycles. The number of benzene rings is 1. The molecule has 0 bridgehead atoms. The summed E-state index contributed by atoms with van der Waals surface area (Å²) in [5.41, 5.74) is 1.53. The first-order valence-electron chi connectivity index (χ1n) is 6.72. The van der Waals surface area contributed by atoms with Crippen molar-refractivity contribution in [2.24, 2.45) is 0 Å². The summed E-state index contributed by atoms with van der Waals surface area (Å²) in [6, 6.07) is 8.55. The highest BCUT2D eigenvalue weighted by Gasteiger charge is 2.24. The number of carboxylic acids is 1. The normalized spacial score (nSPS) is 13.8. The van der Waals surface area contributed by atoms with Gasteiger partial charge in [-0.3, -0.25) is 0 Å². The second kappa shape index (κ2) is 5.44. The Labute approximate surface area is 122 Å². The zero-order chi connectivity index (χ0) is 14.8. The molecule has 0 unspecified atom stereocenters. The molecule has 1 saturated carbocycles. The van der Waals surface area contributed by atoms with Crippen molar-refractivity contribution in [1.29, 1.82) is 0 Å². The number of aromatic nitrogens is 1. The summed E-state index contributed by atoms with van der Waals surface area (Å²) < 4.78 is 10.6. The smallest absolute Gasteiger partial charge is 0.336 e. The van der Waals surface area contributed by atoms with E-state index in [0.29, 0.717) is 23.3 Å². The van der Waals surface area contributed by atoms with Gasteiger partial charge in [0.2, 0.25) is 5.88 Å². The van der Waals surface area contributed by atoms with E-state index in [1.165, 1.54) is 13.2 Å². The Balaban J connectivity index is 1.92. The number of rotatable bonds is 5. The second-order valence-electron chi connectivity index (χ2n) is 4.92. The van der Waals surface area contributed by atoms with Crippen molar-refractivity contribution in [1.82, 2.24) is 4.98 Å². The molecule has 2 aromatic rings. The molecule has 0 spiro atoms. The lowest BCUT2D eigenvalue weighted by atomic mass is 10.0. The summed E-state index contributed by atoms with van der Waals surface area (Å²) in [6.07, 6.45) is 4.07. The molecule has 0 atom stereocenters. The van der Waals surface area contributed by atoms with Crippen molar-refractivity contribution >= 4 is 5.97 Å². The predicted octanol–water partition coefficient (Wildman–Crippen LogP) is 3.00. The summed E-state index contributed by atoms with van der Waals surface area (Å²) in [7, 11) is 1.51. The van der Waals surface area contributed by atoms with Crippen LogP contribution in [0, 0.1) is 0 Å². The molecular formula is C16H15NO4. The van der Waals surface area contributed by atoms with E-state index in [1.54, 1.807) is 24.4 Å². The minimum Gasteiger partial charge on any atom is -0.497 e. The Morgan fingerprint density at radius 1 is 1.29 bits per heavy atom. The van der Waals surface area contributed by atoms with Gasteiger partial charge in [-0.1, -0.05) is 0 Å². The Bertz CT molecular complexity index is 662. The number of ether oxygens (including phenoxy) is 2. The number of hydrogen-bond acceptors (Lipinski definition) is 4. The molecule has 5 heteroatoms. The van der Waals surface area contributed by atoms with Crippen LogP contribution in [0.4, 0.5) is 0 Å². The average molecular weight is 285 g/mol. The molecule has 1 N–H and O–H groups in total. The molecule has 0 amide bonds. The fourth-order valence-corrected chi connectivity index (χ4v) is 2.04. The average Bonchev–Trinajstić information content (AvgIpc) is 3.31. The van der Waals surface area contributed by atoms with Crippen LogP contribution in [0.25, 0.3) is 11.1 Å². The second-order valence-corrected chi connectivity index (χ2v) is 4.92. The van der Waals surface area contributed by atoms with Crippen molar-refractivity contribution in [3.05, 3.63) is 42.1 Å². The molecule has 3 rings (SSSR count). The van der Waals surface area contributed by atoms with Crippen molar-refractivity contribution in [3.8, 4) is 22.8 Å². The highest BCUT2D eigenvalue weighted by atomic mass is 16.5. The quantitative estimate of drug-likeness (QED) is 0.914. The maximum absolute atomic E-state index is 11.4. The van der Waals surface area contributed by atoms with Gasteiger partial charge in [0.25, 0.3) is 0 Å². The first-order chi connectivity index (χ1) is 10.2. The molecule has 1 fully saturated rings. The third-order valence-electron chi connectivity index (χ3n) is 3.32. The van der Waals surface area contributed by atoms with Crippen LogP contribution < -0.4 is 9.47 Å². The topological polar surface area (TPSA) is 68.7 Å². The Kier molecular flexibility index (Phi) is 3.48. The van der Waals surface area contributed by atoms with Crippen LogP contribution in [-0.2, 0) is 0 Å². The van der Waals surface area contributed by atoms with Gasteiger partial charge in [-0.25, -0.2) is 9.78 Å².